The molecule has 0 aliphatic rings. The van der Waals surface area contributed by atoms with Crippen LogP contribution in [0.15, 0.2) is 30.3 Å². The summed E-state index contributed by atoms with van der Waals surface area (Å²) in [6.07, 6.45) is -4.46. The Kier molecular flexibility index (Phi) is 3.15. The maximum Gasteiger partial charge on any atom is 0.414 e. The molecule has 0 heterocycles. The molecule has 1 atom stereocenters. The number of halogens is 3. The van der Waals surface area contributed by atoms with Crippen LogP contribution in [-0.2, 0) is 0 Å². The average molecular weight is 199 g/mol. The van der Waals surface area contributed by atoms with E-state index >= 15 is 0 Å². The lowest BCUT2D eigenvalue weighted by Crippen LogP contribution is -2.35. The molecule has 0 aliphatic carbocycles. The molecule has 0 aromatic heterocycles. The van der Waals surface area contributed by atoms with Crippen molar-refractivity contribution in [2.24, 2.45) is 5.73 Å². The number of benzene rings is 1. The fourth-order valence-corrected chi connectivity index (χ4v) is 0.764. The molecule has 1 rings (SSSR count). The Bertz CT molecular complexity index is 345. The molecule has 0 saturated heterocycles. The van der Waals surface area contributed by atoms with Crippen LogP contribution < -0.4 is 5.73 Å². The van der Waals surface area contributed by atoms with Gasteiger partial charge in [0, 0.05) is 5.56 Å². The van der Waals surface area contributed by atoms with Gasteiger partial charge in [0.2, 0.25) is 0 Å². The van der Waals surface area contributed by atoms with Crippen LogP contribution in [0.3, 0.4) is 0 Å². The highest BCUT2D eigenvalue weighted by molar-refractivity contribution is 5.34. The average Bonchev–Trinajstić information content (AvgIpc) is 2.14. The third kappa shape index (κ3) is 3.11. The lowest BCUT2D eigenvalue weighted by atomic mass is 10.2. The van der Waals surface area contributed by atoms with Gasteiger partial charge in [0.15, 0.2) is 6.04 Å². The zero-order chi connectivity index (χ0) is 10.6. The minimum Gasteiger partial charge on any atom is -0.310 e. The second-order valence-electron chi connectivity index (χ2n) is 2.65. The van der Waals surface area contributed by atoms with Gasteiger partial charge in [0.25, 0.3) is 0 Å². The number of hydrogen-bond acceptors (Lipinski definition) is 1. The van der Waals surface area contributed by atoms with Crippen molar-refractivity contribution in [3.8, 4) is 11.8 Å². The molecule has 1 nitrogen and oxygen atoms in total. The number of rotatable bonds is 0. The summed E-state index contributed by atoms with van der Waals surface area (Å²) in [6, 6.07) is 6.32. The van der Waals surface area contributed by atoms with Gasteiger partial charge in [0.05, 0.1) is 0 Å². The highest BCUT2D eigenvalue weighted by Crippen LogP contribution is 2.17. The Morgan fingerprint density at radius 3 is 2.21 bits per heavy atom. The van der Waals surface area contributed by atoms with E-state index in [1.165, 1.54) is 0 Å². The standard InChI is InChI=1S/C10H8F3N/c11-10(12,13)9(14)7-6-8-4-2-1-3-5-8/h1-5,9H,14H2. The molecule has 14 heavy (non-hydrogen) atoms. The SMILES string of the molecule is NC(C#Cc1ccccc1)C(F)(F)F. The largest absolute Gasteiger partial charge is 0.414 e. The Hall–Kier alpha value is -1.47. The van der Waals surface area contributed by atoms with Gasteiger partial charge in [-0.25, -0.2) is 0 Å². The van der Waals surface area contributed by atoms with Crippen molar-refractivity contribution >= 4 is 0 Å². The van der Waals surface area contributed by atoms with Crippen molar-refractivity contribution in [1.29, 1.82) is 0 Å². The normalized spacial score (nSPS) is 12.9. The summed E-state index contributed by atoms with van der Waals surface area (Å²) in [5.74, 6) is 4.30. The summed E-state index contributed by atoms with van der Waals surface area (Å²) >= 11 is 0. The Labute approximate surface area is 79.7 Å². The fraction of sp³-hybridized carbons (Fsp3) is 0.200. The van der Waals surface area contributed by atoms with Crippen LogP contribution in [-0.4, -0.2) is 12.2 Å². The van der Waals surface area contributed by atoms with Gasteiger partial charge < -0.3 is 5.73 Å². The minimum absolute atomic E-state index is 0.521. The van der Waals surface area contributed by atoms with Crippen LogP contribution in [0.25, 0.3) is 0 Å². The minimum atomic E-state index is -4.46. The fourth-order valence-electron chi connectivity index (χ4n) is 0.764. The van der Waals surface area contributed by atoms with Crippen molar-refractivity contribution in [1.82, 2.24) is 0 Å². The van der Waals surface area contributed by atoms with Crippen LogP contribution in [0.2, 0.25) is 0 Å². The molecule has 1 unspecified atom stereocenters. The zero-order valence-electron chi connectivity index (χ0n) is 7.18. The Morgan fingerprint density at radius 2 is 1.71 bits per heavy atom. The smallest absolute Gasteiger partial charge is 0.310 e. The topological polar surface area (TPSA) is 26.0 Å². The van der Waals surface area contributed by atoms with Crippen molar-refractivity contribution in [2.75, 3.05) is 0 Å². The van der Waals surface area contributed by atoms with Gasteiger partial charge >= 0.3 is 6.18 Å². The third-order valence-corrected chi connectivity index (χ3v) is 1.50. The molecule has 1 aromatic carbocycles. The molecular weight excluding hydrogens is 191 g/mol. The van der Waals surface area contributed by atoms with Crippen molar-refractivity contribution in [2.45, 2.75) is 12.2 Å². The molecule has 0 saturated carbocycles. The highest BCUT2D eigenvalue weighted by atomic mass is 19.4. The predicted octanol–water partition coefficient (Wildman–Crippen LogP) is 1.93. The molecule has 0 aliphatic heterocycles. The number of nitrogens with two attached hydrogens (primary N) is 1. The van der Waals surface area contributed by atoms with E-state index in [-0.39, 0.29) is 0 Å². The van der Waals surface area contributed by atoms with Gasteiger partial charge in [-0.1, -0.05) is 30.0 Å². The summed E-state index contributed by atoms with van der Waals surface area (Å²) in [4.78, 5) is 0. The van der Waals surface area contributed by atoms with Gasteiger partial charge in [-0.3, -0.25) is 0 Å². The first kappa shape index (κ1) is 10.6. The lowest BCUT2D eigenvalue weighted by molar-refractivity contribution is -0.134. The zero-order valence-corrected chi connectivity index (χ0v) is 7.18. The second-order valence-corrected chi connectivity index (χ2v) is 2.65. The maximum atomic E-state index is 11.9. The van der Waals surface area contributed by atoms with Gasteiger partial charge in [0.1, 0.15) is 0 Å². The summed E-state index contributed by atoms with van der Waals surface area (Å²) in [7, 11) is 0. The Balaban J connectivity index is 2.74. The monoisotopic (exact) mass is 199 g/mol. The van der Waals surface area contributed by atoms with Gasteiger partial charge in [-0.2, -0.15) is 13.2 Å². The maximum absolute atomic E-state index is 11.9. The van der Waals surface area contributed by atoms with E-state index in [1.54, 1.807) is 30.3 Å². The van der Waals surface area contributed by atoms with E-state index in [0.717, 1.165) is 0 Å². The van der Waals surface area contributed by atoms with E-state index < -0.39 is 12.2 Å². The van der Waals surface area contributed by atoms with E-state index in [2.05, 4.69) is 5.92 Å². The van der Waals surface area contributed by atoms with E-state index in [9.17, 15) is 13.2 Å². The molecule has 0 fully saturated rings. The lowest BCUT2D eigenvalue weighted by Gasteiger charge is -2.07. The molecule has 2 N–H and O–H groups in total. The van der Waals surface area contributed by atoms with E-state index in [0.29, 0.717) is 5.56 Å². The summed E-state index contributed by atoms with van der Waals surface area (Å²) in [5, 5.41) is 0. The summed E-state index contributed by atoms with van der Waals surface area (Å²) in [5.41, 5.74) is 5.32. The molecule has 74 valence electrons. The quantitative estimate of drug-likeness (QED) is 0.635. The van der Waals surface area contributed by atoms with Gasteiger partial charge in [-0.15, -0.1) is 0 Å². The molecule has 1 aromatic rings. The number of alkyl halides is 3. The van der Waals surface area contributed by atoms with Crippen molar-refractivity contribution < 1.29 is 13.2 Å². The molecule has 0 bridgehead atoms. The highest BCUT2D eigenvalue weighted by Gasteiger charge is 2.35. The van der Waals surface area contributed by atoms with Crippen molar-refractivity contribution in [3.63, 3.8) is 0 Å². The first-order valence-electron chi connectivity index (χ1n) is 3.89. The third-order valence-electron chi connectivity index (χ3n) is 1.50. The predicted molar refractivity (Wildman–Crippen MR) is 47.4 cm³/mol. The second kappa shape index (κ2) is 4.16. The van der Waals surface area contributed by atoms with Crippen molar-refractivity contribution in [3.05, 3.63) is 35.9 Å². The van der Waals surface area contributed by atoms with Crippen LogP contribution in [0.5, 0.6) is 0 Å². The first-order chi connectivity index (χ1) is 6.50. The van der Waals surface area contributed by atoms with Crippen LogP contribution in [0, 0.1) is 11.8 Å². The number of hydrogen-bond donors (Lipinski definition) is 1. The van der Waals surface area contributed by atoms with Crippen LogP contribution in [0.1, 0.15) is 5.56 Å². The molecule has 0 amide bonds. The molecule has 0 radical (unpaired) electrons. The summed E-state index contributed by atoms with van der Waals surface area (Å²) < 4.78 is 35.8. The van der Waals surface area contributed by atoms with E-state index in [4.69, 9.17) is 5.73 Å². The molecule has 0 spiro atoms. The Morgan fingerprint density at radius 1 is 1.14 bits per heavy atom. The van der Waals surface area contributed by atoms with Crippen LogP contribution >= 0.6 is 0 Å². The summed E-state index contributed by atoms with van der Waals surface area (Å²) in [6.45, 7) is 0. The van der Waals surface area contributed by atoms with E-state index in [1.807, 2.05) is 5.92 Å². The first-order valence-corrected chi connectivity index (χ1v) is 3.89. The molecular formula is C10H8F3N. The van der Waals surface area contributed by atoms with Crippen LogP contribution in [0.4, 0.5) is 13.2 Å². The molecule has 4 heteroatoms. The van der Waals surface area contributed by atoms with Gasteiger partial charge in [-0.05, 0) is 12.1 Å².